The van der Waals surface area contributed by atoms with E-state index < -0.39 is 0 Å². The summed E-state index contributed by atoms with van der Waals surface area (Å²) in [5.41, 5.74) is 0.973. The van der Waals surface area contributed by atoms with Crippen LogP contribution in [0.4, 0.5) is 4.79 Å². The third-order valence-electron chi connectivity index (χ3n) is 4.01. The van der Waals surface area contributed by atoms with Crippen LogP contribution in [0.3, 0.4) is 0 Å². The minimum absolute atomic E-state index is 0.0108. The SMILES string of the molecule is CC(C)C(=O)NC1CCCCN(C(=O)OCc2ccccc2)C1. The highest BCUT2D eigenvalue weighted by molar-refractivity contribution is 5.78. The molecular formula is C18H26N2O3. The third-order valence-corrected chi connectivity index (χ3v) is 4.01. The summed E-state index contributed by atoms with van der Waals surface area (Å²) in [6.45, 7) is 5.23. The largest absolute Gasteiger partial charge is 0.445 e. The Labute approximate surface area is 138 Å². The smallest absolute Gasteiger partial charge is 0.410 e. The van der Waals surface area contributed by atoms with Gasteiger partial charge in [-0.3, -0.25) is 4.79 Å². The Balaban J connectivity index is 1.87. The van der Waals surface area contributed by atoms with Crippen LogP contribution in [0.15, 0.2) is 30.3 Å². The van der Waals surface area contributed by atoms with Crippen LogP contribution in [-0.4, -0.2) is 36.0 Å². The minimum atomic E-state index is -0.306. The van der Waals surface area contributed by atoms with Gasteiger partial charge in [-0.1, -0.05) is 44.2 Å². The molecule has 1 heterocycles. The summed E-state index contributed by atoms with van der Waals surface area (Å²) in [6.07, 6.45) is 2.54. The van der Waals surface area contributed by atoms with E-state index in [1.807, 2.05) is 44.2 Å². The predicted octanol–water partition coefficient (Wildman–Crippen LogP) is 2.95. The molecule has 2 rings (SSSR count). The molecule has 1 aromatic carbocycles. The van der Waals surface area contributed by atoms with Crippen molar-refractivity contribution < 1.29 is 14.3 Å². The molecule has 0 radical (unpaired) electrons. The maximum atomic E-state index is 12.3. The van der Waals surface area contributed by atoms with Gasteiger partial charge in [-0.2, -0.15) is 0 Å². The van der Waals surface area contributed by atoms with Crippen LogP contribution in [0, 0.1) is 5.92 Å². The number of hydrogen-bond donors (Lipinski definition) is 1. The Bertz CT molecular complexity index is 516. The molecule has 0 aliphatic carbocycles. The number of likely N-dealkylation sites (tertiary alicyclic amines) is 1. The first-order valence-corrected chi connectivity index (χ1v) is 8.32. The lowest BCUT2D eigenvalue weighted by atomic mass is 10.1. The molecule has 0 spiro atoms. The van der Waals surface area contributed by atoms with Gasteiger partial charge in [0.25, 0.3) is 0 Å². The van der Waals surface area contributed by atoms with Crippen LogP contribution in [0.5, 0.6) is 0 Å². The van der Waals surface area contributed by atoms with Gasteiger partial charge in [-0.15, -0.1) is 0 Å². The highest BCUT2D eigenvalue weighted by Crippen LogP contribution is 2.13. The number of benzene rings is 1. The Hall–Kier alpha value is -2.04. The van der Waals surface area contributed by atoms with E-state index in [2.05, 4.69) is 5.32 Å². The van der Waals surface area contributed by atoms with Crippen LogP contribution >= 0.6 is 0 Å². The van der Waals surface area contributed by atoms with E-state index >= 15 is 0 Å². The molecule has 0 saturated carbocycles. The van der Waals surface area contributed by atoms with Gasteiger partial charge >= 0.3 is 6.09 Å². The first-order chi connectivity index (χ1) is 11.1. The van der Waals surface area contributed by atoms with Crippen molar-refractivity contribution in [2.45, 2.75) is 45.8 Å². The molecule has 1 fully saturated rings. The molecule has 5 heteroatoms. The van der Waals surface area contributed by atoms with E-state index in [4.69, 9.17) is 4.74 Å². The molecule has 1 aliphatic heterocycles. The number of carbonyl (C=O) groups excluding carboxylic acids is 2. The number of nitrogens with one attached hydrogen (secondary N) is 1. The second kappa shape index (κ2) is 8.56. The maximum absolute atomic E-state index is 12.3. The molecule has 1 aliphatic rings. The molecule has 0 bridgehead atoms. The van der Waals surface area contributed by atoms with Gasteiger partial charge in [0.2, 0.25) is 5.91 Å². The fourth-order valence-corrected chi connectivity index (χ4v) is 2.60. The second-order valence-electron chi connectivity index (χ2n) is 6.34. The molecule has 1 aromatic rings. The van der Waals surface area contributed by atoms with Crippen molar-refractivity contribution in [2.24, 2.45) is 5.92 Å². The fraction of sp³-hybridized carbons (Fsp3) is 0.556. The average Bonchev–Trinajstić information content (AvgIpc) is 2.79. The first-order valence-electron chi connectivity index (χ1n) is 8.32. The molecule has 5 nitrogen and oxygen atoms in total. The van der Waals surface area contributed by atoms with Gasteiger partial charge in [0.1, 0.15) is 6.61 Å². The highest BCUT2D eigenvalue weighted by Gasteiger charge is 2.24. The number of nitrogens with zero attached hydrogens (tertiary/aromatic N) is 1. The molecule has 1 N–H and O–H groups in total. The first kappa shape index (κ1) is 17.3. The van der Waals surface area contributed by atoms with Gasteiger partial charge in [0, 0.05) is 25.0 Å². The topological polar surface area (TPSA) is 58.6 Å². The summed E-state index contributed by atoms with van der Waals surface area (Å²) in [5.74, 6) is -0.00811. The number of hydrogen-bond acceptors (Lipinski definition) is 3. The van der Waals surface area contributed by atoms with Gasteiger partial charge in [-0.25, -0.2) is 4.79 Å². The Morgan fingerprint density at radius 3 is 2.70 bits per heavy atom. The number of rotatable bonds is 4. The Morgan fingerprint density at radius 1 is 1.26 bits per heavy atom. The van der Waals surface area contributed by atoms with E-state index in [1.54, 1.807) is 4.90 Å². The van der Waals surface area contributed by atoms with Crippen molar-refractivity contribution in [3.05, 3.63) is 35.9 Å². The predicted molar refractivity (Wildman–Crippen MR) is 88.8 cm³/mol. The highest BCUT2D eigenvalue weighted by atomic mass is 16.6. The van der Waals surface area contributed by atoms with Gasteiger partial charge in [0.05, 0.1) is 0 Å². The van der Waals surface area contributed by atoms with Crippen LogP contribution in [-0.2, 0) is 16.1 Å². The van der Waals surface area contributed by atoms with Crippen molar-refractivity contribution in [2.75, 3.05) is 13.1 Å². The normalized spacial score (nSPS) is 18.4. The van der Waals surface area contributed by atoms with E-state index in [0.29, 0.717) is 13.1 Å². The average molecular weight is 318 g/mol. The molecule has 2 amide bonds. The summed E-state index contributed by atoms with van der Waals surface area (Å²) in [5, 5.41) is 3.03. The molecule has 1 unspecified atom stereocenters. The summed E-state index contributed by atoms with van der Waals surface area (Å²) in [7, 11) is 0. The summed E-state index contributed by atoms with van der Waals surface area (Å²) in [6, 6.07) is 9.65. The van der Waals surface area contributed by atoms with Crippen LogP contribution in [0.2, 0.25) is 0 Å². The molecule has 1 saturated heterocycles. The summed E-state index contributed by atoms with van der Waals surface area (Å²) >= 11 is 0. The minimum Gasteiger partial charge on any atom is -0.445 e. The van der Waals surface area contributed by atoms with Gasteiger partial charge in [-0.05, 0) is 24.8 Å². The van der Waals surface area contributed by atoms with E-state index in [1.165, 1.54) is 0 Å². The zero-order valence-corrected chi connectivity index (χ0v) is 14.0. The van der Waals surface area contributed by atoms with Gasteiger partial charge < -0.3 is 15.0 Å². The van der Waals surface area contributed by atoms with Crippen molar-refractivity contribution in [1.82, 2.24) is 10.2 Å². The molecule has 126 valence electrons. The van der Waals surface area contributed by atoms with E-state index in [-0.39, 0.29) is 30.6 Å². The van der Waals surface area contributed by atoms with E-state index in [0.717, 1.165) is 24.8 Å². The van der Waals surface area contributed by atoms with Crippen LogP contribution < -0.4 is 5.32 Å². The number of carbonyl (C=O) groups is 2. The quantitative estimate of drug-likeness (QED) is 0.928. The van der Waals surface area contributed by atoms with Gasteiger partial charge in [0.15, 0.2) is 0 Å². The van der Waals surface area contributed by atoms with Crippen molar-refractivity contribution >= 4 is 12.0 Å². The second-order valence-corrected chi connectivity index (χ2v) is 6.34. The number of ether oxygens (including phenoxy) is 1. The number of amides is 2. The Kier molecular flexibility index (Phi) is 6.44. The third kappa shape index (κ3) is 5.58. The zero-order valence-electron chi connectivity index (χ0n) is 14.0. The summed E-state index contributed by atoms with van der Waals surface area (Å²) in [4.78, 5) is 25.9. The lowest BCUT2D eigenvalue weighted by Gasteiger charge is -2.25. The lowest BCUT2D eigenvalue weighted by Crippen LogP contribution is -2.45. The molecule has 1 atom stereocenters. The molecule has 0 aromatic heterocycles. The Morgan fingerprint density at radius 2 is 2.00 bits per heavy atom. The summed E-state index contributed by atoms with van der Waals surface area (Å²) < 4.78 is 5.40. The van der Waals surface area contributed by atoms with Crippen LogP contribution in [0.25, 0.3) is 0 Å². The zero-order chi connectivity index (χ0) is 16.7. The fourth-order valence-electron chi connectivity index (χ4n) is 2.60. The van der Waals surface area contributed by atoms with Crippen molar-refractivity contribution in [3.63, 3.8) is 0 Å². The van der Waals surface area contributed by atoms with Crippen molar-refractivity contribution in [3.8, 4) is 0 Å². The maximum Gasteiger partial charge on any atom is 0.410 e. The molecule has 23 heavy (non-hydrogen) atoms. The van der Waals surface area contributed by atoms with Crippen molar-refractivity contribution in [1.29, 1.82) is 0 Å². The van der Waals surface area contributed by atoms with E-state index in [9.17, 15) is 9.59 Å². The monoisotopic (exact) mass is 318 g/mol. The lowest BCUT2D eigenvalue weighted by molar-refractivity contribution is -0.124. The van der Waals surface area contributed by atoms with Crippen LogP contribution in [0.1, 0.15) is 38.7 Å². The molecular weight excluding hydrogens is 292 g/mol. The standard InChI is InChI=1S/C18H26N2O3/c1-14(2)17(21)19-16-10-6-7-11-20(12-16)18(22)23-13-15-8-4-3-5-9-15/h3-5,8-9,14,16H,6-7,10-13H2,1-2H3,(H,19,21).